The number of aryl methyl sites for hydroxylation is 1. The van der Waals surface area contributed by atoms with E-state index in [0.717, 1.165) is 48.9 Å². The fourth-order valence-electron chi connectivity index (χ4n) is 3.55. The van der Waals surface area contributed by atoms with Crippen LogP contribution in [0.3, 0.4) is 0 Å². The first-order valence-electron chi connectivity index (χ1n) is 8.08. The molecule has 0 saturated carbocycles. The van der Waals surface area contributed by atoms with E-state index in [-0.39, 0.29) is 12.0 Å². The summed E-state index contributed by atoms with van der Waals surface area (Å²) in [5.74, 6) is 0. The topological polar surface area (TPSA) is 36.4 Å². The molecule has 23 heavy (non-hydrogen) atoms. The number of aromatic nitrogens is 1. The van der Waals surface area contributed by atoms with Crippen molar-refractivity contribution in [3.05, 3.63) is 50.9 Å². The van der Waals surface area contributed by atoms with Crippen molar-refractivity contribution in [1.82, 2.24) is 9.88 Å². The van der Waals surface area contributed by atoms with Crippen molar-refractivity contribution in [1.29, 1.82) is 0 Å². The Morgan fingerprint density at radius 2 is 2.30 bits per heavy atom. The van der Waals surface area contributed by atoms with Gasteiger partial charge in [0, 0.05) is 34.6 Å². The van der Waals surface area contributed by atoms with Crippen LogP contribution in [0.5, 0.6) is 0 Å². The van der Waals surface area contributed by atoms with Crippen LogP contribution in [-0.4, -0.2) is 34.7 Å². The van der Waals surface area contributed by atoms with Crippen LogP contribution in [0.15, 0.2) is 30.5 Å². The quantitative estimate of drug-likeness (QED) is 0.887. The largest absolute Gasteiger partial charge is 0.396 e. The molecular weight excluding hydrogens is 328 g/mol. The van der Waals surface area contributed by atoms with E-state index >= 15 is 0 Å². The van der Waals surface area contributed by atoms with E-state index in [1.54, 1.807) is 11.3 Å². The van der Waals surface area contributed by atoms with E-state index in [9.17, 15) is 5.11 Å². The third kappa shape index (κ3) is 4.32. The van der Waals surface area contributed by atoms with Crippen molar-refractivity contribution >= 4 is 22.9 Å². The van der Waals surface area contributed by atoms with Crippen LogP contribution in [0.1, 0.15) is 28.3 Å². The number of nitrogens with zero attached hydrogens (tertiary/aromatic N) is 2. The number of aliphatic hydroxyl groups is 1. The van der Waals surface area contributed by atoms with Gasteiger partial charge in [0.15, 0.2) is 0 Å². The Morgan fingerprint density at radius 1 is 1.43 bits per heavy atom. The zero-order valence-electron chi connectivity index (χ0n) is 13.5. The molecule has 1 aliphatic rings. The number of halogens is 1. The molecule has 1 saturated heterocycles. The Balaban J connectivity index is 1.70. The van der Waals surface area contributed by atoms with Crippen LogP contribution in [-0.2, 0) is 13.0 Å². The van der Waals surface area contributed by atoms with Crippen molar-refractivity contribution in [3.63, 3.8) is 0 Å². The minimum Gasteiger partial charge on any atom is -0.396 e. The van der Waals surface area contributed by atoms with E-state index < -0.39 is 0 Å². The molecular formula is C18H23ClN2OS. The molecule has 2 heterocycles. The third-order valence-corrected chi connectivity index (χ3v) is 5.73. The molecule has 1 N–H and O–H groups in total. The molecule has 1 aromatic carbocycles. The maximum Gasteiger partial charge on any atom is 0.0897 e. The van der Waals surface area contributed by atoms with Crippen LogP contribution in [0.4, 0.5) is 0 Å². The van der Waals surface area contributed by atoms with Crippen molar-refractivity contribution in [2.75, 3.05) is 19.7 Å². The van der Waals surface area contributed by atoms with E-state index in [2.05, 4.69) is 16.0 Å². The fraction of sp³-hybridized carbons (Fsp3) is 0.500. The van der Waals surface area contributed by atoms with E-state index in [4.69, 9.17) is 11.6 Å². The zero-order chi connectivity index (χ0) is 16.3. The minimum atomic E-state index is -0.0668. The normalized spacial score (nSPS) is 22.4. The molecule has 2 aromatic rings. The van der Waals surface area contributed by atoms with Gasteiger partial charge in [-0.3, -0.25) is 4.90 Å². The second-order valence-electron chi connectivity index (χ2n) is 6.62. The van der Waals surface area contributed by atoms with Gasteiger partial charge in [0.1, 0.15) is 0 Å². The molecule has 0 unspecified atom stereocenters. The molecule has 0 bridgehead atoms. The molecule has 1 aromatic heterocycles. The fourth-order valence-corrected chi connectivity index (χ4v) is 4.60. The summed E-state index contributed by atoms with van der Waals surface area (Å²) in [6.07, 6.45) is 5.04. The first kappa shape index (κ1) is 16.9. The molecule has 1 aliphatic heterocycles. The molecule has 0 amide bonds. The van der Waals surface area contributed by atoms with Gasteiger partial charge in [0.25, 0.3) is 0 Å². The molecule has 5 heteroatoms. The summed E-state index contributed by atoms with van der Waals surface area (Å²) in [5, 5.41) is 12.0. The van der Waals surface area contributed by atoms with Crippen molar-refractivity contribution in [3.8, 4) is 0 Å². The highest BCUT2D eigenvalue weighted by Crippen LogP contribution is 2.34. The predicted octanol–water partition coefficient (Wildman–Crippen LogP) is 3.92. The molecule has 3 nitrogen and oxygen atoms in total. The smallest absolute Gasteiger partial charge is 0.0897 e. The summed E-state index contributed by atoms with van der Waals surface area (Å²) in [6.45, 7) is 5.21. The van der Waals surface area contributed by atoms with Crippen molar-refractivity contribution in [2.45, 2.75) is 32.7 Å². The van der Waals surface area contributed by atoms with Gasteiger partial charge in [0.05, 0.1) is 11.6 Å². The maximum absolute atomic E-state index is 10.1. The Kier molecular flexibility index (Phi) is 5.37. The van der Waals surface area contributed by atoms with Gasteiger partial charge < -0.3 is 5.11 Å². The van der Waals surface area contributed by atoms with E-state index in [1.807, 2.05) is 31.3 Å². The van der Waals surface area contributed by atoms with Gasteiger partial charge in [-0.05, 0) is 50.4 Å². The monoisotopic (exact) mass is 350 g/mol. The van der Waals surface area contributed by atoms with E-state index in [1.165, 1.54) is 10.4 Å². The molecule has 3 rings (SSSR count). The zero-order valence-corrected chi connectivity index (χ0v) is 15.0. The molecule has 0 aliphatic carbocycles. The maximum atomic E-state index is 10.1. The number of likely N-dealkylation sites (tertiary alicyclic amines) is 1. The van der Waals surface area contributed by atoms with Gasteiger partial charge in [-0.2, -0.15) is 0 Å². The van der Waals surface area contributed by atoms with Gasteiger partial charge in [-0.15, -0.1) is 11.3 Å². The lowest BCUT2D eigenvalue weighted by Gasteiger charge is -2.42. The molecule has 124 valence electrons. The number of piperidine rings is 1. The SMILES string of the molecule is Cc1ncc(CN2CCC[C@@](CO)(Cc3cccc(Cl)c3)C2)s1. The number of hydrogen-bond donors (Lipinski definition) is 1. The summed E-state index contributed by atoms with van der Waals surface area (Å²) in [5.41, 5.74) is 1.14. The highest BCUT2D eigenvalue weighted by molar-refractivity contribution is 7.11. The Morgan fingerprint density at radius 3 is 3.00 bits per heavy atom. The first-order chi connectivity index (χ1) is 11.1. The van der Waals surface area contributed by atoms with Crippen LogP contribution in [0, 0.1) is 12.3 Å². The minimum absolute atomic E-state index is 0.0668. The average Bonchev–Trinajstić information content (AvgIpc) is 2.92. The third-order valence-electron chi connectivity index (χ3n) is 4.59. The van der Waals surface area contributed by atoms with Crippen LogP contribution >= 0.6 is 22.9 Å². The molecule has 1 atom stereocenters. The Hall–Kier alpha value is -0.940. The summed E-state index contributed by atoms with van der Waals surface area (Å²) in [6, 6.07) is 8.01. The summed E-state index contributed by atoms with van der Waals surface area (Å²) in [7, 11) is 0. The average molecular weight is 351 g/mol. The number of benzene rings is 1. The number of hydrogen-bond acceptors (Lipinski definition) is 4. The summed E-state index contributed by atoms with van der Waals surface area (Å²) >= 11 is 7.87. The number of aliphatic hydroxyl groups excluding tert-OH is 1. The number of rotatable bonds is 5. The highest BCUT2D eigenvalue weighted by Gasteiger charge is 2.35. The van der Waals surface area contributed by atoms with Gasteiger partial charge >= 0.3 is 0 Å². The van der Waals surface area contributed by atoms with Crippen LogP contribution in [0.2, 0.25) is 5.02 Å². The molecule has 0 radical (unpaired) electrons. The highest BCUT2D eigenvalue weighted by atomic mass is 35.5. The lowest BCUT2D eigenvalue weighted by atomic mass is 9.75. The second-order valence-corrected chi connectivity index (χ2v) is 8.38. The first-order valence-corrected chi connectivity index (χ1v) is 9.27. The van der Waals surface area contributed by atoms with Crippen molar-refractivity contribution < 1.29 is 5.11 Å². The Labute approximate surface area is 146 Å². The van der Waals surface area contributed by atoms with E-state index in [0.29, 0.717) is 0 Å². The molecule has 0 spiro atoms. The molecule has 1 fully saturated rings. The lowest BCUT2D eigenvalue weighted by molar-refractivity contribution is 0.0292. The van der Waals surface area contributed by atoms with Gasteiger partial charge in [0.2, 0.25) is 0 Å². The standard InChI is InChI=1S/C18H23ClN2OS/c1-14-20-10-17(23-14)11-21-7-3-6-18(12-21,13-22)9-15-4-2-5-16(19)8-15/h2,4-5,8,10,22H,3,6-7,9,11-13H2,1H3/t18-/m1/s1. The second kappa shape index (κ2) is 7.31. The van der Waals surface area contributed by atoms with Crippen molar-refractivity contribution in [2.24, 2.45) is 5.41 Å². The Bertz CT molecular complexity index is 660. The lowest BCUT2D eigenvalue weighted by Crippen LogP contribution is -2.46. The summed E-state index contributed by atoms with van der Waals surface area (Å²) < 4.78 is 0. The summed E-state index contributed by atoms with van der Waals surface area (Å²) in [4.78, 5) is 8.10. The number of thiazole rings is 1. The van der Waals surface area contributed by atoms with Gasteiger partial charge in [-0.1, -0.05) is 23.7 Å². The van der Waals surface area contributed by atoms with Gasteiger partial charge in [-0.25, -0.2) is 4.98 Å². The predicted molar refractivity (Wildman–Crippen MR) is 96.0 cm³/mol. The van der Waals surface area contributed by atoms with Crippen LogP contribution in [0.25, 0.3) is 0 Å². The van der Waals surface area contributed by atoms with Crippen LogP contribution < -0.4 is 0 Å².